The Labute approximate surface area is 158 Å². The van der Waals surface area contributed by atoms with E-state index in [-0.39, 0.29) is 11.6 Å². The van der Waals surface area contributed by atoms with E-state index in [0.29, 0.717) is 17.1 Å². The molecule has 1 unspecified atom stereocenters. The van der Waals surface area contributed by atoms with Crippen molar-refractivity contribution in [3.05, 3.63) is 71.8 Å². The fourth-order valence-electron chi connectivity index (χ4n) is 3.10. The number of hydrogen-bond acceptors (Lipinski definition) is 6. The number of aliphatic imine (C=N–C) groups is 1. The maximum atomic E-state index is 11.5. The van der Waals surface area contributed by atoms with Gasteiger partial charge in [-0.2, -0.15) is 0 Å². The maximum Gasteiger partial charge on any atom is 0.337 e. The number of aromatic carboxylic acids is 1. The van der Waals surface area contributed by atoms with Crippen LogP contribution in [0.3, 0.4) is 0 Å². The smallest absolute Gasteiger partial charge is 0.337 e. The number of rotatable bonds is 6. The number of anilines is 1. The van der Waals surface area contributed by atoms with Crippen molar-refractivity contribution < 1.29 is 9.90 Å². The summed E-state index contributed by atoms with van der Waals surface area (Å²) in [7, 11) is 2.07. The number of nitrogens with two attached hydrogens (primary N) is 1. The monoisotopic (exact) mass is 365 g/mol. The number of carbonyl (C=O) groups is 1. The van der Waals surface area contributed by atoms with E-state index in [1.807, 2.05) is 30.3 Å². The Kier molecular flexibility index (Phi) is 5.83. The number of likely N-dealkylation sites (tertiary alicyclic amines) is 1. The zero-order valence-electron chi connectivity index (χ0n) is 15.2. The lowest BCUT2D eigenvalue weighted by atomic mass is 10.1. The SMILES string of the molecule is CN1CCC(N=C(C(=CN)Nc2cnccc2C(=O)O)c2ccccc2)C1. The molecule has 0 radical (unpaired) electrons. The minimum atomic E-state index is -1.04. The van der Waals surface area contributed by atoms with Gasteiger partial charge in [0.15, 0.2) is 0 Å². The highest BCUT2D eigenvalue weighted by Crippen LogP contribution is 2.20. The van der Waals surface area contributed by atoms with E-state index < -0.39 is 5.97 Å². The van der Waals surface area contributed by atoms with E-state index in [2.05, 4.69) is 22.2 Å². The zero-order chi connectivity index (χ0) is 19.2. The standard InChI is InChI=1S/C20H23N5O2/c1-25-10-8-15(13-25)23-19(14-5-3-2-4-6-14)17(11-21)24-18-12-22-9-7-16(18)20(26)27/h2-7,9,11-12,15,24H,8,10,13,21H2,1H3,(H,26,27). The van der Waals surface area contributed by atoms with Gasteiger partial charge in [0, 0.05) is 24.5 Å². The van der Waals surface area contributed by atoms with Crippen LogP contribution in [0.15, 0.2) is 65.7 Å². The van der Waals surface area contributed by atoms with Gasteiger partial charge >= 0.3 is 5.97 Å². The number of hydrogen-bond donors (Lipinski definition) is 3. The first-order valence-corrected chi connectivity index (χ1v) is 8.77. The first-order valence-electron chi connectivity index (χ1n) is 8.77. The number of aromatic nitrogens is 1. The summed E-state index contributed by atoms with van der Waals surface area (Å²) in [6, 6.07) is 11.3. The summed E-state index contributed by atoms with van der Waals surface area (Å²) in [6.07, 6.45) is 5.31. The highest BCUT2D eigenvalue weighted by molar-refractivity contribution is 6.14. The molecule has 3 rings (SSSR count). The van der Waals surface area contributed by atoms with E-state index in [4.69, 9.17) is 10.7 Å². The van der Waals surface area contributed by atoms with E-state index in [1.165, 1.54) is 24.7 Å². The third kappa shape index (κ3) is 4.51. The molecule has 0 amide bonds. The molecular formula is C20H23N5O2. The molecule has 140 valence electrons. The van der Waals surface area contributed by atoms with Gasteiger partial charge in [0.1, 0.15) is 0 Å². The molecule has 4 N–H and O–H groups in total. The van der Waals surface area contributed by atoms with Crippen molar-refractivity contribution in [3.8, 4) is 0 Å². The number of nitrogens with zero attached hydrogens (tertiary/aromatic N) is 3. The number of nitrogens with one attached hydrogen (secondary N) is 1. The van der Waals surface area contributed by atoms with Crippen LogP contribution in [0.25, 0.3) is 0 Å². The van der Waals surface area contributed by atoms with Gasteiger partial charge in [-0.15, -0.1) is 0 Å². The number of pyridine rings is 1. The van der Waals surface area contributed by atoms with Crippen molar-refractivity contribution >= 4 is 17.4 Å². The van der Waals surface area contributed by atoms with Crippen molar-refractivity contribution in [1.29, 1.82) is 0 Å². The first kappa shape index (κ1) is 18.6. The van der Waals surface area contributed by atoms with Gasteiger partial charge < -0.3 is 21.1 Å². The van der Waals surface area contributed by atoms with E-state index in [1.54, 1.807) is 0 Å². The van der Waals surface area contributed by atoms with Crippen molar-refractivity contribution in [2.75, 3.05) is 25.5 Å². The summed E-state index contributed by atoms with van der Waals surface area (Å²) in [6.45, 7) is 1.87. The lowest BCUT2D eigenvalue weighted by molar-refractivity contribution is 0.0698. The van der Waals surface area contributed by atoms with Crippen LogP contribution in [0.1, 0.15) is 22.3 Å². The van der Waals surface area contributed by atoms with Crippen molar-refractivity contribution in [2.24, 2.45) is 10.7 Å². The van der Waals surface area contributed by atoms with Crippen LogP contribution in [-0.4, -0.2) is 52.9 Å². The highest BCUT2D eigenvalue weighted by Gasteiger charge is 2.21. The average Bonchev–Trinajstić information content (AvgIpc) is 3.10. The van der Waals surface area contributed by atoms with Gasteiger partial charge in [-0.1, -0.05) is 30.3 Å². The molecule has 0 aliphatic carbocycles. The Morgan fingerprint density at radius 1 is 1.37 bits per heavy atom. The van der Waals surface area contributed by atoms with Crippen LogP contribution in [0.5, 0.6) is 0 Å². The summed E-state index contributed by atoms with van der Waals surface area (Å²) in [4.78, 5) is 22.7. The third-order valence-corrected chi connectivity index (χ3v) is 4.47. The Balaban J connectivity index is 1.98. The van der Waals surface area contributed by atoms with Gasteiger partial charge in [0.25, 0.3) is 0 Å². The third-order valence-electron chi connectivity index (χ3n) is 4.47. The summed E-state index contributed by atoms with van der Waals surface area (Å²) < 4.78 is 0. The second kappa shape index (κ2) is 8.46. The first-order chi connectivity index (χ1) is 13.1. The van der Waals surface area contributed by atoms with Gasteiger partial charge in [-0.05, 0) is 26.1 Å². The van der Waals surface area contributed by atoms with Crippen molar-refractivity contribution in [1.82, 2.24) is 9.88 Å². The molecule has 2 heterocycles. The topological polar surface area (TPSA) is 104 Å². The fraction of sp³-hybridized carbons (Fsp3) is 0.250. The minimum absolute atomic E-state index is 0.123. The molecule has 1 fully saturated rings. The second-order valence-electron chi connectivity index (χ2n) is 6.48. The predicted molar refractivity (Wildman–Crippen MR) is 106 cm³/mol. The minimum Gasteiger partial charge on any atom is -0.478 e. The number of likely N-dealkylation sites (N-methyl/N-ethyl adjacent to an activating group) is 1. The second-order valence-corrected chi connectivity index (χ2v) is 6.48. The summed E-state index contributed by atoms with van der Waals surface area (Å²) >= 11 is 0. The molecule has 0 spiro atoms. The van der Waals surface area contributed by atoms with Crippen LogP contribution < -0.4 is 11.1 Å². The van der Waals surface area contributed by atoms with Gasteiger partial charge in [0.2, 0.25) is 0 Å². The van der Waals surface area contributed by atoms with Crippen molar-refractivity contribution in [2.45, 2.75) is 12.5 Å². The molecule has 1 aliphatic rings. The van der Waals surface area contributed by atoms with Gasteiger partial charge in [0.05, 0.1) is 34.9 Å². The molecule has 1 aliphatic heterocycles. The Bertz CT molecular complexity index is 864. The number of allylic oxidation sites excluding steroid dienone is 1. The van der Waals surface area contributed by atoms with E-state index >= 15 is 0 Å². The Morgan fingerprint density at radius 2 is 2.15 bits per heavy atom. The molecule has 1 aromatic carbocycles. The Morgan fingerprint density at radius 3 is 2.78 bits per heavy atom. The molecule has 1 saturated heterocycles. The largest absolute Gasteiger partial charge is 0.478 e. The van der Waals surface area contributed by atoms with E-state index in [9.17, 15) is 9.90 Å². The number of carboxylic acid groups (broad SMARTS) is 1. The molecule has 0 saturated carbocycles. The number of benzene rings is 1. The molecule has 7 nitrogen and oxygen atoms in total. The zero-order valence-corrected chi connectivity index (χ0v) is 15.2. The lowest BCUT2D eigenvalue weighted by Gasteiger charge is -2.17. The lowest BCUT2D eigenvalue weighted by Crippen LogP contribution is -2.21. The van der Waals surface area contributed by atoms with Crippen molar-refractivity contribution in [3.63, 3.8) is 0 Å². The fourth-order valence-corrected chi connectivity index (χ4v) is 3.10. The molecular weight excluding hydrogens is 342 g/mol. The normalized spacial score (nSPS) is 18.5. The van der Waals surface area contributed by atoms with Crippen LogP contribution in [0.2, 0.25) is 0 Å². The van der Waals surface area contributed by atoms with E-state index in [0.717, 1.165) is 25.1 Å². The quantitative estimate of drug-likeness (QED) is 0.678. The molecule has 2 aromatic rings. The predicted octanol–water partition coefficient (Wildman–Crippen LogP) is 2.19. The molecule has 27 heavy (non-hydrogen) atoms. The van der Waals surface area contributed by atoms with Gasteiger partial charge in [-0.3, -0.25) is 9.98 Å². The van der Waals surface area contributed by atoms with Crippen LogP contribution in [-0.2, 0) is 0 Å². The summed E-state index contributed by atoms with van der Waals surface area (Å²) in [5, 5.41) is 12.5. The average molecular weight is 365 g/mol. The van der Waals surface area contributed by atoms with Crippen LogP contribution in [0.4, 0.5) is 5.69 Å². The maximum absolute atomic E-state index is 11.5. The molecule has 1 atom stereocenters. The molecule has 1 aromatic heterocycles. The summed E-state index contributed by atoms with van der Waals surface area (Å²) in [5.41, 5.74) is 8.56. The van der Waals surface area contributed by atoms with Gasteiger partial charge in [-0.25, -0.2) is 4.79 Å². The highest BCUT2D eigenvalue weighted by atomic mass is 16.4. The Hall–Kier alpha value is -3.19. The molecule has 7 heteroatoms. The van der Waals surface area contributed by atoms with Crippen LogP contribution in [0, 0.1) is 0 Å². The summed E-state index contributed by atoms with van der Waals surface area (Å²) in [5.74, 6) is -1.04. The van der Waals surface area contributed by atoms with Crippen LogP contribution >= 0.6 is 0 Å². The number of carboxylic acids is 1. The molecule has 0 bridgehead atoms.